The van der Waals surface area contributed by atoms with Gasteiger partial charge in [-0.25, -0.2) is 0 Å². The van der Waals surface area contributed by atoms with Gasteiger partial charge in [-0.3, -0.25) is 9.59 Å². The molecule has 5 heteroatoms. The number of amides is 1. The van der Waals surface area contributed by atoms with E-state index in [1.165, 1.54) is 6.92 Å². The minimum atomic E-state index is -0.954. The van der Waals surface area contributed by atoms with Crippen LogP contribution in [0.2, 0.25) is 0 Å². The molecule has 0 aliphatic heterocycles. The SMILES string of the molecule is CC(=O)c1cc(C(=O)NCC(C)(O)C(C)C)n(C)c1. The standard InChI is InChI=1S/C14H22N2O3/c1-9(2)14(4,19)8-15-13(18)12-6-11(10(3)17)7-16(12)5/h6-7,9,19H,8H2,1-5H3,(H,15,18). The highest BCUT2D eigenvalue weighted by Gasteiger charge is 2.26. The fraction of sp³-hybridized carbons (Fsp3) is 0.571. The Balaban J connectivity index is 2.77. The third kappa shape index (κ3) is 3.67. The van der Waals surface area contributed by atoms with Gasteiger partial charge in [0.15, 0.2) is 5.78 Å². The lowest BCUT2D eigenvalue weighted by molar-refractivity contribution is 0.0141. The summed E-state index contributed by atoms with van der Waals surface area (Å²) in [5, 5.41) is 12.8. The smallest absolute Gasteiger partial charge is 0.268 e. The van der Waals surface area contributed by atoms with Gasteiger partial charge in [0.1, 0.15) is 5.69 Å². The van der Waals surface area contributed by atoms with Crippen molar-refractivity contribution in [3.05, 3.63) is 23.5 Å². The van der Waals surface area contributed by atoms with E-state index in [1.54, 1.807) is 30.8 Å². The van der Waals surface area contributed by atoms with Crippen LogP contribution in [0.3, 0.4) is 0 Å². The van der Waals surface area contributed by atoms with Gasteiger partial charge in [-0.1, -0.05) is 13.8 Å². The Hall–Kier alpha value is -1.62. The average Bonchev–Trinajstić information content (AvgIpc) is 2.68. The molecule has 0 aromatic carbocycles. The molecule has 106 valence electrons. The Morgan fingerprint density at radius 2 is 2.05 bits per heavy atom. The highest BCUT2D eigenvalue weighted by Crippen LogP contribution is 2.15. The molecule has 0 fully saturated rings. The second-order valence-corrected chi connectivity index (χ2v) is 5.48. The summed E-state index contributed by atoms with van der Waals surface area (Å²) in [5.41, 5.74) is -0.0439. The Kier molecular flexibility index (Phi) is 4.52. The van der Waals surface area contributed by atoms with Crippen LogP contribution in [-0.4, -0.2) is 33.5 Å². The second-order valence-electron chi connectivity index (χ2n) is 5.48. The van der Waals surface area contributed by atoms with Crippen LogP contribution in [0.4, 0.5) is 0 Å². The number of aliphatic hydroxyl groups is 1. The summed E-state index contributed by atoms with van der Waals surface area (Å²) >= 11 is 0. The van der Waals surface area contributed by atoms with Crippen LogP contribution in [-0.2, 0) is 7.05 Å². The van der Waals surface area contributed by atoms with Crippen LogP contribution in [0.15, 0.2) is 12.3 Å². The maximum atomic E-state index is 12.0. The molecular formula is C14H22N2O3. The predicted molar refractivity (Wildman–Crippen MR) is 73.2 cm³/mol. The lowest BCUT2D eigenvalue weighted by Gasteiger charge is -2.27. The number of nitrogens with zero attached hydrogens (tertiary/aromatic N) is 1. The van der Waals surface area contributed by atoms with E-state index in [9.17, 15) is 14.7 Å². The van der Waals surface area contributed by atoms with E-state index >= 15 is 0 Å². The van der Waals surface area contributed by atoms with Gasteiger partial charge in [0, 0.05) is 25.4 Å². The molecular weight excluding hydrogens is 244 g/mol. The number of carbonyl (C=O) groups excluding carboxylic acids is 2. The monoisotopic (exact) mass is 266 g/mol. The van der Waals surface area contributed by atoms with Gasteiger partial charge in [-0.2, -0.15) is 0 Å². The van der Waals surface area contributed by atoms with Gasteiger partial charge in [0.25, 0.3) is 5.91 Å². The van der Waals surface area contributed by atoms with E-state index in [4.69, 9.17) is 0 Å². The molecule has 0 aliphatic rings. The molecule has 0 saturated heterocycles. The third-order valence-corrected chi connectivity index (χ3v) is 3.49. The molecule has 1 rings (SSSR count). The van der Waals surface area contributed by atoms with E-state index in [2.05, 4.69) is 5.32 Å². The van der Waals surface area contributed by atoms with Crippen LogP contribution in [0.5, 0.6) is 0 Å². The van der Waals surface area contributed by atoms with Crippen LogP contribution in [0.1, 0.15) is 48.5 Å². The zero-order valence-electron chi connectivity index (χ0n) is 12.2. The first-order valence-electron chi connectivity index (χ1n) is 6.33. The number of aryl methyl sites for hydroxylation is 1. The molecule has 1 unspecified atom stereocenters. The Morgan fingerprint density at radius 1 is 1.47 bits per heavy atom. The molecule has 0 bridgehead atoms. The van der Waals surface area contributed by atoms with Crippen LogP contribution >= 0.6 is 0 Å². The first-order valence-corrected chi connectivity index (χ1v) is 6.33. The molecule has 1 heterocycles. The lowest BCUT2D eigenvalue weighted by Crippen LogP contribution is -2.44. The normalized spacial score (nSPS) is 14.3. The Bertz CT molecular complexity index is 487. The van der Waals surface area contributed by atoms with E-state index in [0.29, 0.717) is 11.3 Å². The number of nitrogens with one attached hydrogen (secondary N) is 1. The molecule has 0 radical (unpaired) electrons. The van der Waals surface area contributed by atoms with E-state index in [0.717, 1.165) is 0 Å². The summed E-state index contributed by atoms with van der Waals surface area (Å²) in [6.45, 7) is 7.10. The van der Waals surface area contributed by atoms with Crippen LogP contribution in [0, 0.1) is 5.92 Å². The molecule has 0 saturated carbocycles. The largest absolute Gasteiger partial charge is 0.388 e. The summed E-state index contributed by atoms with van der Waals surface area (Å²) in [7, 11) is 1.71. The first kappa shape index (κ1) is 15.4. The van der Waals surface area contributed by atoms with Crippen molar-refractivity contribution in [2.24, 2.45) is 13.0 Å². The molecule has 1 aromatic heterocycles. The molecule has 0 spiro atoms. The summed E-state index contributed by atoms with van der Waals surface area (Å²) in [4.78, 5) is 23.3. The Morgan fingerprint density at radius 3 is 2.47 bits per heavy atom. The number of hydrogen-bond donors (Lipinski definition) is 2. The van der Waals surface area contributed by atoms with Crippen molar-refractivity contribution in [3.63, 3.8) is 0 Å². The van der Waals surface area contributed by atoms with Crippen molar-refractivity contribution in [2.75, 3.05) is 6.54 Å². The quantitative estimate of drug-likeness (QED) is 0.791. The first-order chi connectivity index (χ1) is 8.65. The predicted octanol–water partition coefficient (Wildman–Crippen LogP) is 1.36. The van der Waals surface area contributed by atoms with Crippen molar-refractivity contribution in [1.29, 1.82) is 0 Å². The second kappa shape index (κ2) is 5.57. The molecule has 5 nitrogen and oxygen atoms in total. The van der Waals surface area contributed by atoms with Crippen molar-refractivity contribution in [2.45, 2.75) is 33.3 Å². The molecule has 0 aliphatic carbocycles. The number of aromatic nitrogens is 1. The van der Waals surface area contributed by atoms with Gasteiger partial charge < -0.3 is 15.0 Å². The number of ketones is 1. The number of Topliss-reactive ketones (excluding diaryl/α,β-unsaturated/α-hetero) is 1. The van der Waals surface area contributed by atoms with Gasteiger partial charge in [-0.15, -0.1) is 0 Å². The third-order valence-electron chi connectivity index (χ3n) is 3.49. The van der Waals surface area contributed by atoms with Crippen molar-refractivity contribution < 1.29 is 14.7 Å². The van der Waals surface area contributed by atoms with Crippen molar-refractivity contribution >= 4 is 11.7 Å². The summed E-state index contributed by atoms with van der Waals surface area (Å²) < 4.78 is 1.61. The molecule has 1 aromatic rings. The molecule has 19 heavy (non-hydrogen) atoms. The zero-order valence-corrected chi connectivity index (χ0v) is 12.2. The highest BCUT2D eigenvalue weighted by molar-refractivity contribution is 5.99. The van der Waals surface area contributed by atoms with Gasteiger partial charge >= 0.3 is 0 Å². The summed E-state index contributed by atoms with van der Waals surface area (Å²) in [6, 6.07) is 1.56. The molecule has 2 N–H and O–H groups in total. The topological polar surface area (TPSA) is 71.3 Å². The fourth-order valence-electron chi connectivity index (χ4n) is 1.54. The van der Waals surface area contributed by atoms with E-state index < -0.39 is 5.60 Å². The lowest BCUT2D eigenvalue weighted by atomic mass is 9.92. The van der Waals surface area contributed by atoms with Gasteiger partial charge in [-0.05, 0) is 25.8 Å². The van der Waals surface area contributed by atoms with Gasteiger partial charge in [0.2, 0.25) is 0 Å². The van der Waals surface area contributed by atoms with Gasteiger partial charge in [0.05, 0.1) is 5.60 Å². The molecule has 1 atom stereocenters. The van der Waals surface area contributed by atoms with Crippen molar-refractivity contribution in [3.8, 4) is 0 Å². The fourth-order valence-corrected chi connectivity index (χ4v) is 1.54. The van der Waals surface area contributed by atoms with E-state index in [-0.39, 0.29) is 24.2 Å². The van der Waals surface area contributed by atoms with Crippen molar-refractivity contribution in [1.82, 2.24) is 9.88 Å². The number of rotatable bonds is 5. The number of carbonyl (C=O) groups is 2. The van der Waals surface area contributed by atoms with Crippen LogP contribution < -0.4 is 5.32 Å². The summed E-state index contributed by atoms with van der Waals surface area (Å²) in [6.07, 6.45) is 1.62. The zero-order chi connectivity index (χ0) is 14.8. The minimum absolute atomic E-state index is 0.0361. The average molecular weight is 266 g/mol. The maximum Gasteiger partial charge on any atom is 0.268 e. The Labute approximate surface area is 113 Å². The minimum Gasteiger partial charge on any atom is -0.388 e. The maximum absolute atomic E-state index is 12.0. The van der Waals surface area contributed by atoms with Crippen LogP contribution in [0.25, 0.3) is 0 Å². The van der Waals surface area contributed by atoms with E-state index in [1.807, 2.05) is 13.8 Å². The highest BCUT2D eigenvalue weighted by atomic mass is 16.3. The molecule has 1 amide bonds. The number of hydrogen-bond acceptors (Lipinski definition) is 3. The summed E-state index contributed by atoms with van der Waals surface area (Å²) in [5.74, 6) is -0.339.